The zero-order chi connectivity index (χ0) is 21.6. The van der Waals surface area contributed by atoms with Crippen molar-refractivity contribution in [3.05, 3.63) is 64.8 Å². The van der Waals surface area contributed by atoms with E-state index in [2.05, 4.69) is 77.1 Å². The van der Waals surface area contributed by atoms with Gasteiger partial charge in [-0.3, -0.25) is 4.99 Å². The number of hydrogen-bond donors (Lipinski definition) is 3. The summed E-state index contributed by atoms with van der Waals surface area (Å²) in [5.41, 5.74) is 6.12. The fraction of sp³-hybridized carbons (Fsp3) is 0.400. The summed E-state index contributed by atoms with van der Waals surface area (Å²) in [6, 6.07) is 12.7. The quantitative estimate of drug-likeness (QED) is 0.232. The summed E-state index contributed by atoms with van der Waals surface area (Å²) in [5, 5.41) is 8.17. The first-order chi connectivity index (χ1) is 15.1. The number of fused-ring (bicyclic) bond motifs is 1. The number of guanidine groups is 1. The molecule has 1 aliphatic heterocycles. The van der Waals surface area contributed by atoms with Gasteiger partial charge in [0.25, 0.3) is 0 Å². The molecule has 172 valence electrons. The largest absolute Gasteiger partial charge is 0.488 e. The lowest BCUT2D eigenvalue weighted by Gasteiger charge is -2.18. The summed E-state index contributed by atoms with van der Waals surface area (Å²) in [6.07, 6.45) is 4.11. The van der Waals surface area contributed by atoms with Crippen LogP contribution >= 0.6 is 24.0 Å². The van der Waals surface area contributed by atoms with Gasteiger partial charge in [0.05, 0.1) is 13.2 Å². The molecule has 0 spiro atoms. The number of nitrogens with one attached hydrogen (secondary N) is 3. The lowest BCUT2D eigenvalue weighted by molar-refractivity contribution is 0.140. The van der Waals surface area contributed by atoms with Crippen LogP contribution in [0.25, 0.3) is 10.9 Å². The van der Waals surface area contributed by atoms with Gasteiger partial charge in [0.1, 0.15) is 11.9 Å². The zero-order valence-electron chi connectivity index (χ0n) is 19.0. The van der Waals surface area contributed by atoms with E-state index in [0.29, 0.717) is 13.2 Å². The van der Waals surface area contributed by atoms with Crippen LogP contribution in [0, 0.1) is 13.8 Å². The van der Waals surface area contributed by atoms with Crippen LogP contribution in [0.2, 0.25) is 0 Å². The number of aromatic nitrogens is 1. The Morgan fingerprint density at radius 3 is 2.84 bits per heavy atom. The second-order valence-corrected chi connectivity index (χ2v) is 8.13. The van der Waals surface area contributed by atoms with Crippen LogP contribution in [0.4, 0.5) is 0 Å². The minimum absolute atomic E-state index is 0. The Kier molecular flexibility index (Phi) is 8.81. The molecule has 1 saturated heterocycles. The summed E-state index contributed by atoms with van der Waals surface area (Å²) < 4.78 is 11.7. The molecule has 6 nitrogen and oxygen atoms in total. The van der Waals surface area contributed by atoms with Gasteiger partial charge in [-0.25, -0.2) is 0 Å². The predicted octanol–water partition coefficient (Wildman–Crippen LogP) is 4.48. The topological polar surface area (TPSA) is 70.7 Å². The Morgan fingerprint density at radius 1 is 1.19 bits per heavy atom. The molecule has 1 aromatic heterocycles. The molecule has 0 saturated carbocycles. The second kappa shape index (κ2) is 11.6. The summed E-state index contributed by atoms with van der Waals surface area (Å²) in [6.45, 7) is 7.13. The highest BCUT2D eigenvalue weighted by Crippen LogP contribution is 2.24. The number of benzene rings is 2. The van der Waals surface area contributed by atoms with Crippen molar-refractivity contribution in [1.29, 1.82) is 0 Å². The molecule has 2 heterocycles. The molecule has 7 heteroatoms. The molecule has 1 aliphatic rings. The monoisotopic (exact) mass is 548 g/mol. The fourth-order valence-electron chi connectivity index (χ4n) is 4.07. The normalized spacial score (nSPS) is 16.1. The Balaban J connectivity index is 0.00000289. The van der Waals surface area contributed by atoms with Crippen LogP contribution in [0.15, 0.2) is 47.6 Å². The van der Waals surface area contributed by atoms with Crippen LogP contribution < -0.4 is 15.4 Å². The van der Waals surface area contributed by atoms with E-state index in [4.69, 9.17) is 9.47 Å². The maximum atomic E-state index is 6.21. The van der Waals surface area contributed by atoms with Gasteiger partial charge in [-0.15, -0.1) is 24.0 Å². The molecule has 2 aromatic carbocycles. The third kappa shape index (κ3) is 5.95. The van der Waals surface area contributed by atoms with Crippen LogP contribution in [0.5, 0.6) is 5.75 Å². The number of hydrogen-bond acceptors (Lipinski definition) is 3. The smallest absolute Gasteiger partial charge is 0.191 e. The molecule has 1 atom stereocenters. The first-order valence-electron chi connectivity index (χ1n) is 11.0. The van der Waals surface area contributed by atoms with Crippen LogP contribution in [0.3, 0.4) is 0 Å². The average Bonchev–Trinajstić information content (AvgIpc) is 3.42. The van der Waals surface area contributed by atoms with Gasteiger partial charge in [-0.2, -0.15) is 0 Å². The van der Waals surface area contributed by atoms with Gasteiger partial charge in [0, 0.05) is 49.2 Å². The van der Waals surface area contributed by atoms with E-state index in [1.165, 1.54) is 27.6 Å². The second-order valence-electron chi connectivity index (χ2n) is 8.13. The lowest BCUT2D eigenvalue weighted by atomic mass is 10.1. The summed E-state index contributed by atoms with van der Waals surface area (Å²) >= 11 is 0. The highest BCUT2D eigenvalue weighted by Gasteiger charge is 2.18. The number of nitrogens with zero attached hydrogens (tertiary/aromatic N) is 1. The summed E-state index contributed by atoms with van der Waals surface area (Å²) in [7, 11) is 1.80. The van der Waals surface area contributed by atoms with Crippen LogP contribution in [-0.2, 0) is 17.7 Å². The Bertz CT molecular complexity index is 1060. The molecular weight excluding hydrogens is 515 g/mol. The third-order valence-corrected chi connectivity index (χ3v) is 5.76. The van der Waals surface area contributed by atoms with E-state index >= 15 is 0 Å². The first kappa shape index (κ1) is 24.4. The van der Waals surface area contributed by atoms with Gasteiger partial charge in [-0.1, -0.05) is 24.3 Å². The first-order valence-corrected chi connectivity index (χ1v) is 11.0. The maximum absolute atomic E-state index is 6.21. The van der Waals surface area contributed by atoms with Crippen molar-refractivity contribution in [2.45, 2.75) is 39.3 Å². The van der Waals surface area contributed by atoms with Crippen molar-refractivity contribution in [2.75, 3.05) is 26.8 Å². The minimum Gasteiger partial charge on any atom is -0.488 e. The maximum Gasteiger partial charge on any atom is 0.191 e. The Hall–Kier alpha value is -2.26. The molecule has 1 unspecified atom stereocenters. The van der Waals surface area contributed by atoms with E-state index in [-0.39, 0.29) is 30.1 Å². The third-order valence-electron chi connectivity index (χ3n) is 5.76. The zero-order valence-corrected chi connectivity index (χ0v) is 21.4. The number of halogens is 1. The number of ether oxygens (including phenoxy) is 2. The van der Waals surface area contributed by atoms with Crippen molar-refractivity contribution in [1.82, 2.24) is 15.6 Å². The van der Waals surface area contributed by atoms with Crippen LogP contribution in [-0.4, -0.2) is 43.9 Å². The van der Waals surface area contributed by atoms with Crippen LogP contribution in [0.1, 0.15) is 28.7 Å². The minimum atomic E-state index is 0. The van der Waals surface area contributed by atoms with E-state index in [1.807, 2.05) is 0 Å². The van der Waals surface area contributed by atoms with Gasteiger partial charge in [0.2, 0.25) is 0 Å². The molecule has 4 rings (SSSR count). The number of aliphatic imine (C=N–C) groups is 1. The Labute approximate surface area is 207 Å². The predicted molar refractivity (Wildman–Crippen MR) is 141 cm³/mol. The molecule has 0 radical (unpaired) electrons. The number of rotatable bonds is 7. The molecule has 3 aromatic rings. The van der Waals surface area contributed by atoms with Gasteiger partial charge >= 0.3 is 0 Å². The van der Waals surface area contributed by atoms with E-state index < -0.39 is 0 Å². The number of H-pyrrole nitrogens is 1. The SMILES string of the molecule is CN=C(NCCc1c[nH]c2cccc(C)c12)NCc1ccc(C)cc1OC1CCOC1.I. The van der Waals surface area contributed by atoms with E-state index in [1.54, 1.807) is 7.05 Å². The standard InChI is InChI=1S/C25H32N4O2.HI/c1-17-7-8-19(23(13-17)31-21-10-12-30-16-21)14-29-25(26-3)27-11-9-20-15-28-22-6-4-5-18(2)24(20)22;/h4-8,13,15,21,28H,9-12,14,16H2,1-3H3,(H2,26,27,29);1H. The number of aryl methyl sites for hydroxylation is 2. The molecule has 3 N–H and O–H groups in total. The van der Waals surface area contributed by atoms with Crippen molar-refractivity contribution >= 4 is 40.8 Å². The van der Waals surface area contributed by atoms with E-state index in [9.17, 15) is 0 Å². The summed E-state index contributed by atoms with van der Waals surface area (Å²) in [5.74, 6) is 1.71. The lowest BCUT2D eigenvalue weighted by Crippen LogP contribution is -2.38. The molecule has 0 aliphatic carbocycles. The van der Waals surface area contributed by atoms with Crippen molar-refractivity contribution < 1.29 is 9.47 Å². The molecule has 1 fully saturated rings. The van der Waals surface area contributed by atoms with Crippen molar-refractivity contribution in [3.8, 4) is 5.75 Å². The van der Waals surface area contributed by atoms with Gasteiger partial charge in [-0.05, 0) is 49.1 Å². The fourth-order valence-corrected chi connectivity index (χ4v) is 4.07. The van der Waals surface area contributed by atoms with Gasteiger partial charge in [0.15, 0.2) is 5.96 Å². The van der Waals surface area contributed by atoms with Gasteiger partial charge < -0.3 is 25.1 Å². The average molecular weight is 548 g/mol. The molecule has 0 bridgehead atoms. The Morgan fingerprint density at radius 2 is 2.06 bits per heavy atom. The molecule has 32 heavy (non-hydrogen) atoms. The van der Waals surface area contributed by atoms with Crippen molar-refractivity contribution in [3.63, 3.8) is 0 Å². The molecule has 0 amide bonds. The highest BCUT2D eigenvalue weighted by atomic mass is 127. The van der Waals surface area contributed by atoms with Crippen molar-refractivity contribution in [2.24, 2.45) is 4.99 Å². The highest BCUT2D eigenvalue weighted by molar-refractivity contribution is 14.0. The number of aromatic amines is 1. The summed E-state index contributed by atoms with van der Waals surface area (Å²) in [4.78, 5) is 7.75. The van der Waals surface area contributed by atoms with E-state index in [0.717, 1.165) is 43.3 Å². The molecular formula is C25H33IN4O2.